The standard InChI is InChI=1S/C14H21NO2/c1-14(2,3)15-9-8-12(17)13(15)10-4-6-11(16)7-5-10/h4-7,12-13,16-17H,8-9H2,1-3H3. The molecule has 1 fully saturated rings. The fraction of sp³-hybridized carbons (Fsp3) is 0.571. The van der Waals surface area contributed by atoms with E-state index in [1.807, 2.05) is 12.1 Å². The van der Waals surface area contributed by atoms with E-state index >= 15 is 0 Å². The molecule has 0 saturated carbocycles. The highest BCUT2D eigenvalue weighted by Gasteiger charge is 2.39. The molecule has 0 spiro atoms. The van der Waals surface area contributed by atoms with Crippen LogP contribution in [0.3, 0.4) is 0 Å². The van der Waals surface area contributed by atoms with Crippen LogP contribution in [0.1, 0.15) is 38.8 Å². The number of phenolic OH excluding ortho intramolecular Hbond substituents is 1. The first kappa shape index (κ1) is 12.4. The van der Waals surface area contributed by atoms with Gasteiger partial charge in [0.05, 0.1) is 12.1 Å². The van der Waals surface area contributed by atoms with Gasteiger partial charge in [0, 0.05) is 12.1 Å². The number of rotatable bonds is 1. The van der Waals surface area contributed by atoms with Crippen LogP contribution >= 0.6 is 0 Å². The lowest BCUT2D eigenvalue weighted by atomic mass is 9.98. The number of hydrogen-bond donors (Lipinski definition) is 2. The molecule has 2 N–H and O–H groups in total. The van der Waals surface area contributed by atoms with Crippen LogP contribution in [0.5, 0.6) is 5.75 Å². The molecule has 2 unspecified atom stereocenters. The van der Waals surface area contributed by atoms with E-state index in [0.717, 1.165) is 18.5 Å². The van der Waals surface area contributed by atoms with E-state index in [-0.39, 0.29) is 23.4 Å². The molecule has 1 heterocycles. The number of phenols is 1. The zero-order valence-corrected chi connectivity index (χ0v) is 10.7. The summed E-state index contributed by atoms with van der Waals surface area (Å²) in [5.41, 5.74) is 1.11. The molecule has 0 bridgehead atoms. The topological polar surface area (TPSA) is 43.7 Å². The average Bonchev–Trinajstić information content (AvgIpc) is 2.61. The van der Waals surface area contributed by atoms with Crippen molar-refractivity contribution in [3.63, 3.8) is 0 Å². The van der Waals surface area contributed by atoms with E-state index in [1.165, 1.54) is 0 Å². The van der Waals surface area contributed by atoms with Crippen LogP contribution in [0, 0.1) is 0 Å². The second-order valence-corrected chi connectivity index (χ2v) is 5.76. The molecule has 17 heavy (non-hydrogen) atoms. The number of aliphatic hydroxyl groups is 1. The molecule has 0 aromatic heterocycles. The van der Waals surface area contributed by atoms with E-state index in [1.54, 1.807) is 12.1 Å². The van der Waals surface area contributed by atoms with Gasteiger partial charge in [0.15, 0.2) is 0 Å². The van der Waals surface area contributed by atoms with Gasteiger partial charge < -0.3 is 10.2 Å². The predicted molar refractivity (Wildman–Crippen MR) is 67.9 cm³/mol. The molecular weight excluding hydrogens is 214 g/mol. The predicted octanol–water partition coefficient (Wildman–Crippen LogP) is 2.30. The number of aliphatic hydroxyl groups excluding tert-OH is 1. The van der Waals surface area contributed by atoms with E-state index in [0.29, 0.717) is 0 Å². The first-order valence-corrected chi connectivity index (χ1v) is 6.13. The lowest BCUT2D eigenvalue weighted by Crippen LogP contribution is -2.42. The zero-order chi connectivity index (χ0) is 12.6. The smallest absolute Gasteiger partial charge is 0.115 e. The van der Waals surface area contributed by atoms with Gasteiger partial charge in [-0.15, -0.1) is 0 Å². The first-order chi connectivity index (χ1) is 7.89. The lowest BCUT2D eigenvalue weighted by Gasteiger charge is -2.37. The van der Waals surface area contributed by atoms with Crippen molar-refractivity contribution in [2.24, 2.45) is 0 Å². The van der Waals surface area contributed by atoms with Crippen molar-refractivity contribution in [1.82, 2.24) is 4.90 Å². The summed E-state index contributed by atoms with van der Waals surface area (Å²) in [5.74, 6) is 0.267. The van der Waals surface area contributed by atoms with E-state index in [9.17, 15) is 10.2 Å². The third-order valence-electron chi connectivity index (χ3n) is 3.46. The highest BCUT2D eigenvalue weighted by atomic mass is 16.3. The van der Waals surface area contributed by atoms with Crippen molar-refractivity contribution in [1.29, 1.82) is 0 Å². The molecule has 1 aromatic rings. The molecule has 3 heteroatoms. The second kappa shape index (κ2) is 4.31. The summed E-state index contributed by atoms with van der Waals surface area (Å²) in [5, 5.41) is 19.5. The van der Waals surface area contributed by atoms with Crippen molar-refractivity contribution >= 4 is 0 Å². The third-order valence-corrected chi connectivity index (χ3v) is 3.46. The number of likely N-dealkylation sites (tertiary alicyclic amines) is 1. The van der Waals surface area contributed by atoms with Crippen LogP contribution in [0.4, 0.5) is 0 Å². The molecule has 1 aliphatic heterocycles. The van der Waals surface area contributed by atoms with E-state index in [2.05, 4.69) is 25.7 Å². The van der Waals surface area contributed by atoms with Crippen LogP contribution in [-0.4, -0.2) is 33.3 Å². The van der Waals surface area contributed by atoms with Crippen LogP contribution < -0.4 is 0 Å². The van der Waals surface area contributed by atoms with Gasteiger partial charge in [-0.25, -0.2) is 0 Å². The van der Waals surface area contributed by atoms with Crippen molar-refractivity contribution in [2.75, 3.05) is 6.54 Å². The van der Waals surface area contributed by atoms with Gasteiger partial charge in [-0.3, -0.25) is 4.90 Å². The molecule has 3 nitrogen and oxygen atoms in total. The Morgan fingerprint density at radius 1 is 1.18 bits per heavy atom. The maximum absolute atomic E-state index is 10.1. The van der Waals surface area contributed by atoms with Crippen molar-refractivity contribution in [3.05, 3.63) is 29.8 Å². The molecule has 94 valence electrons. The van der Waals surface area contributed by atoms with Gasteiger partial charge in [0.2, 0.25) is 0 Å². The Hall–Kier alpha value is -1.06. The monoisotopic (exact) mass is 235 g/mol. The molecule has 2 rings (SSSR count). The van der Waals surface area contributed by atoms with Crippen LogP contribution in [0.25, 0.3) is 0 Å². The Morgan fingerprint density at radius 3 is 2.29 bits per heavy atom. The fourth-order valence-electron chi connectivity index (χ4n) is 2.60. The minimum Gasteiger partial charge on any atom is -0.508 e. The summed E-state index contributed by atoms with van der Waals surface area (Å²) >= 11 is 0. The van der Waals surface area contributed by atoms with Crippen LogP contribution in [0.15, 0.2) is 24.3 Å². The SMILES string of the molecule is CC(C)(C)N1CCC(O)C1c1ccc(O)cc1. The molecule has 1 aliphatic rings. The number of nitrogens with zero attached hydrogens (tertiary/aromatic N) is 1. The Labute approximate surface area is 103 Å². The fourth-order valence-corrected chi connectivity index (χ4v) is 2.60. The number of aromatic hydroxyl groups is 1. The molecule has 2 atom stereocenters. The number of benzene rings is 1. The van der Waals surface area contributed by atoms with Gasteiger partial charge in [-0.2, -0.15) is 0 Å². The van der Waals surface area contributed by atoms with Crippen LogP contribution in [-0.2, 0) is 0 Å². The highest BCUT2D eigenvalue weighted by molar-refractivity contribution is 5.29. The summed E-state index contributed by atoms with van der Waals surface area (Å²) in [4.78, 5) is 2.32. The highest BCUT2D eigenvalue weighted by Crippen LogP contribution is 2.37. The first-order valence-electron chi connectivity index (χ1n) is 6.13. The Kier molecular flexibility index (Phi) is 3.15. The molecule has 1 aromatic carbocycles. The van der Waals surface area contributed by atoms with E-state index in [4.69, 9.17) is 0 Å². The summed E-state index contributed by atoms with van der Waals surface area (Å²) in [6.45, 7) is 7.41. The molecular formula is C14H21NO2. The van der Waals surface area contributed by atoms with Gasteiger partial charge in [-0.05, 0) is 44.9 Å². The Balaban J connectivity index is 2.31. The Bertz CT molecular complexity index is 380. The summed E-state index contributed by atoms with van der Waals surface area (Å²) < 4.78 is 0. The third kappa shape index (κ3) is 2.45. The van der Waals surface area contributed by atoms with Gasteiger partial charge in [-0.1, -0.05) is 12.1 Å². The van der Waals surface area contributed by atoms with Gasteiger partial charge >= 0.3 is 0 Å². The molecule has 0 amide bonds. The normalized spacial score (nSPS) is 26.4. The minimum atomic E-state index is -0.321. The maximum atomic E-state index is 10.1. The maximum Gasteiger partial charge on any atom is 0.115 e. The van der Waals surface area contributed by atoms with Crippen molar-refractivity contribution < 1.29 is 10.2 Å². The van der Waals surface area contributed by atoms with Crippen LogP contribution in [0.2, 0.25) is 0 Å². The lowest BCUT2D eigenvalue weighted by molar-refractivity contribution is 0.0635. The molecule has 1 saturated heterocycles. The Morgan fingerprint density at radius 2 is 1.76 bits per heavy atom. The minimum absolute atomic E-state index is 0.0376. The summed E-state index contributed by atoms with van der Waals surface area (Å²) in [6.07, 6.45) is 0.488. The van der Waals surface area contributed by atoms with Gasteiger partial charge in [0.1, 0.15) is 5.75 Å². The van der Waals surface area contributed by atoms with Crippen molar-refractivity contribution in [3.8, 4) is 5.75 Å². The quantitative estimate of drug-likeness (QED) is 0.785. The van der Waals surface area contributed by atoms with Gasteiger partial charge in [0.25, 0.3) is 0 Å². The molecule has 0 radical (unpaired) electrons. The molecule has 0 aliphatic carbocycles. The summed E-state index contributed by atoms with van der Waals surface area (Å²) in [7, 11) is 0. The average molecular weight is 235 g/mol. The van der Waals surface area contributed by atoms with Crippen molar-refractivity contribution in [2.45, 2.75) is 44.9 Å². The van der Waals surface area contributed by atoms with E-state index < -0.39 is 0 Å². The zero-order valence-electron chi connectivity index (χ0n) is 10.7. The number of hydrogen-bond acceptors (Lipinski definition) is 3. The second-order valence-electron chi connectivity index (χ2n) is 5.76. The largest absolute Gasteiger partial charge is 0.508 e. The summed E-state index contributed by atoms with van der Waals surface area (Å²) in [6, 6.07) is 7.19.